The second kappa shape index (κ2) is 4.76. The van der Waals surface area contributed by atoms with Crippen molar-refractivity contribution in [3.05, 3.63) is 47.7 Å². The topological polar surface area (TPSA) is 28.2 Å². The molecule has 4 rings (SSSR count). The number of piperazine rings is 1. The number of benzene rings is 1. The summed E-state index contributed by atoms with van der Waals surface area (Å²) in [7, 11) is 0. The van der Waals surface area contributed by atoms with Crippen molar-refractivity contribution in [2.24, 2.45) is 0 Å². The maximum atomic E-state index is 6.07. The smallest absolute Gasteiger partial charge is 0.0562 e. The van der Waals surface area contributed by atoms with E-state index in [1.165, 1.54) is 12.1 Å². The third-order valence-corrected chi connectivity index (χ3v) is 4.51. The quantitative estimate of drug-likeness (QED) is 0.919. The lowest BCUT2D eigenvalue weighted by molar-refractivity contribution is 0.580. The van der Waals surface area contributed by atoms with Gasteiger partial charge in [-0.25, -0.2) is 0 Å². The minimum absolute atomic E-state index is 0.622. The molecule has 2 aliphatic rings. The number of anilines is 1. The normalized spacial score (nSPS) is 24.4. The number of hydrogen-bond acceptors (Lipinski definition) is 3. The number of nitrogens with one attached hydrogen (secondary N) is 1. The number of halogens is 1. The lowest BCUT2D eigenvalue weighted by Gasteiger charge is -2.29. The number of fused-ring (bicyclic) bond motifs is 2. The van der Waals surface area contributed by atoms with Gasteiger partial charge in [-0.15, -0.1) is 0 Å². The van der Waals surface area contributed by atoms with Gasteiger partial charge in [-0.3, -0.25) is 4.98 Å². The Morgan fingerprint density at radius 1 is 1.20 bits per heavy atom. The zero-order valence-electron chi connectivity index (χ0n) is 11.1. The first kappa shape index (κ1) is 12.2. The van der Waals surface area contributed by atoms with E-state index >= 15 is 0 Å². The Morgan fingerprint density at radius 3 is 2.90 bits per heavy atom. The van der Waals surface area contributed by atoms with Crippen LogP contribution in [-0.4, -0.2) is 30.2 Å². The third-order valence-electron chi connectivity index (χ3n) is 4.27. The van der Waals surface area contributed by atoms with Crippen molar-refractivity contribution >= 4 is 17.3 Å². The van der Waals surface area contributed by atoms with E-state index in [0.717, 1.165) is 29.2 Å². The summed E-state index contributed by atoms with van der Waals surface area (Å²) in [6.07, 6.45) is 5.12. The maximum Gasteiger partial charge on any atom is 0.0562 e. The number of aromatic nitrogens is 1. The summed E-state index contributed by atoms with van der Waals surface area (Å²) in [6, 6.07) is 11.4. The van der Waals surface area contributed by atoms with Crippen molar-refractivity contribution in [1.29, 1.82) is 0 Å². The number of hydrogen-bond donors (Lipinski definition) is 1. The molecule has 0 spiro atoms. The first-order valence-electron chi connectivity index (χ1n) is 7.00. The first-order valence-corrected chi connectivity index (χ1v) is 7.38. The van der Waals surface area contributed by atoms with E-state index < -0.39 is 0 Å². The first-order chi connectivity index (χ1) is 9.79. The molecular weight excluding hydrogens is 270 g/mol. The molecule has 1 aromatic carbocycles. The van der Waals surface area contributed by atoms with Crippen LogP contribution in [0.3, 0.4) is 0 Å². The molecule has 2 unspecified atom stereocenters. The Morgan fingerprint density at radius 2 is 2.15 bits per heavy atom. The van der Waals surface area contributed by atoms with E-state index in [2.05, 4.69) is 27.3 Å². The highest BCUT2D eigenvalue weighted by Crippen LogP contribution is 2.31. The van der Waals surface area contributed by atoms with Crippen molar-refractivity contribution < 1.29 is 0 Å². The van der Waals surface area contributed by atoms with E-state index in [1.807, 2.05) is 30.6 Å². The van der Waals surface area contributed by atoms with E-state index in [9.17, 15) is 0 Å². The van der Waals surface area contributed by atoms with Crippen LogP contribution < -0.4 is 10.2 Å². The standard InChI is InChI=1S/C16H16ClN3/c17-13-3-1-2-11(4-13)12-5-15(8-18-7-12)20-10-14-6-16(20)9-19-14/h1-5,7-8,14,16,19H,6,9-10H2. The average Bonchev–Trinajstić information content (AvgIpc) is 3.10. The molecule has 2 saturated heterocycles. The molecule has 0 saturated carbocycles. The average molecular weight is 286 g/mol. The Hall–Kier alpha value is -1.58. The Bertz CT molecular complexity index is 643. The van der Waals surface area contributed by atoms with Crippen LogP contribution >= 0.6 is 11.6 Å². The lowest BCUT2D eigenvalue weighted by atomic mass is 10.1. The van der Waals surface area contributed by atoms with Gasteiger partial charge in [0.05, 0.1) is 11.9 Å². The van der Waals surface area contributed by atoms with E-state index in [0.29, 0.717) is 12.1 Å². The van der Waals surface area contributed by atoms with Crippen LogP contribution in [0.1, 0.15) is 6.42 Å². The van der Waals surface area contributed by atoms with Gasteiger partial charge in [0.2, 0.25) is 0 Å². The predicted octanol–water partition coefficient (Wildman–Crippen LogP) is 2.95. The van der Waals surface area contributed by atoms with Crippen LogP contribution in [0.15, 0.2) is 42.7 Å². The zero-order valence-corrected chi connectivity index (χ0v) is 11.8. The van der Waals surface area contributed by atoms with Crippen LogP contribution in [0, 0.1) is 0 Å². The van der Waals surface area contributed by atoms with Gasteiger partial charge in [0.25, 0.3) is 0 Å². The Labute approximate surface area is 123 Å². The molecule has 1 N–H and O–H groups in total. The highest BCUT2D eigenvalue weighted by molar-refractivity contribution is 6.30. The number of rotatable bonds is 2. The van der Waals surface area contributed by atoms with Crippen LogP contribution in [0.2, 0.25) is 5.02 Å². The van der Waals surface area contributed by atoms with Gasteiger partial charge >= 0.3 is 0 Å². The second-order valence-corrected chi connectivity index (χ2v) is 6.03. The van der Waals surface area contributed by atoms with Gasteiger partial charge in [0, 0.05) is 42.0 Å². The fraction of sp³-hybridized carbons (Fsp3) is 0.312. The summed E-state index contributed by atoms with van der Waals surface area (Å²) in [5, 5.41) is 4.29. The molecule has 3 nitrogen and oxygen atoms in total. The fourth-order valence-corrected chi connectivity index (χ4v) is 3.48. The molecule has 20 heavy (non-hydrogen) atoms. The highest BCUT2D eigenvalue weighted by atomic mass is 35.5. The van der Waals surface area contributed by atoms with E-state index in [-0.39, 0.29) is 0 Å². The predicted molar refractivity (Wildman–Crippen MR) is 82.2 cm³/mol. The summed E-state index contributed by atoms with van der Waals surface area (Å²) in [4.78, 5) is 6.89. The molecule has 2 aliphatic heterocycles. The van der Waals surface area contributed by atoms with Crippen molar-refractivity contribution in [2.75, 3.05) is 18.0 Å². The van der Waals surface area contributed by atoms with Gasteiger partial charge in [-0.2, -0.15) is 0 Å². The van der Waals surface area contributed by atoms with Crippen LogP contribution in [-0.2, 0) is 0 Å². The molecule has 0 aliphatic carbocycles. The van der Waals surface area contributed by atoms with Gasteiger partial charge in [0.15, 0.2) is 0 Å². The van der Waals surface area contributed by atoms with Crippen molar-refractivity contribution in [1.82, 2.24) is 10.3 Å². The minimum atomic E-state index is 0.622. The van der Waals surface area contributed by atoms with Crippen molar-refractivity contribution in [2.45, 2.75) is 18.5 Å². The molecule has 102 valence electrons. The lowest BCUT2D eigenvalue weighted by Crippen LogP contribution is -2.43. The SMILES string of the molecule is Clc1cccc(-c2cncc(N3CC4CC3CN4)c2)c1. The summed E-state index contributed by atoms with van der Waals surface area (Å²) in [5.41, 5.74) is 3.46. The summed E-state index contributed by atoms with van der Waals surface area (Å²) in [5.74, 6) is 0. The fourth-order valence-electron chi connectivity index (χ4n) is 3.29. The highest BCUT2D eigenvalue weighted by Gasteiger charge is 2.37. The molecule has 2 fully saturated rings. The van der Waals surface area contributed by atoms with Crippen LogP contribution in [0.4, 0.5) is 5.69 Å². The van der Waals surface area contributed by atoms with Gasteiger partial charge in [-0.05, 0) is 30.2 Å². The minimum Gasteiger partial charge on any atom is -0.364 e. The monoisotopic (exact) mass is 285 g/mol. The molecule has 4 heteroatoms. The van der Waals surface area contributed by atoms with Crippen molar-refractivity contribution in [3.63, 3.8) is 0 Å². The Balaban J connectivity index is 1.68. The Kier molecular flexibility index (Phi) is 2.90. The van der Waals surface area contributed by atoms with Crippen molar-refractivity contribution in [3.8, 4) is 11.1 Å². The van der Waals surface area contributed by atoms with Crippen LogP contribution in [0.25, 0.3) is 11.1 Å². The molecule has 2 aromatic rings. The summed E-state index contributed by atoms with van der Waals surface area (Å²) < 4.78 is 0. The summed E-state index contributed by atoms with van der Waals surface area (Å²) >= 11 is 6.07. The third kappa shape index (κ3) is 2.07. The molecule has 0 amide bonds. The van der Waals surface area contributed by atoms with Gasteiger partial charge < -0.3 is 10.2 Å². The molecule has 1 aromatic heterocycles. The number of pyridine rings is 1. The van der Waals surface area contributed by atoms with Crippen LogP contribution in [0.5, 0.6) is 0 Å². The largest absolute Gasteiger partial charge is 0.364 e. The molecule has 2 bridgehead atoms. The second-order valence-electron chi connectivity index (χ2n) is 5.59. The summed E-state index contributed by atoms with van der Waals surface area (Å²) in [6.45, 7) is 2.18. The molecule has 3 heterocycles. The molecular formula is C16H16ClN3. The van der Waals surface area contributed by atoms with Gasteiger partial charge in [-0.1, -0.05) is 23.7 Å². The van der Waals surface area contributed by atoms with E-state index in [1.54, 1.807) is 0 Å². The zero-order chi connectivity index (χ0) is 13.5. The molecule has 0 radical (unpaired) electrons. The van der Waals surface area contributed by atoms with Gasteiger partial charge in [0.1, 0.15) is 0 Å². The maximum absolute atomic E-state index is 6.07. The van der Waals surface area contributed by atoms with E-state index in [4.69, 9.17) is 11.6 Å². The number of nitrogens with zero attached hydrogens (tertiary/aromatic N) is 2. The molecule has 2 atom stereocenters.